The lowest BCUT2D eigenvalue weighted by Crippen LogP contribution is -2.17. The zero-order chi connectivity index (χ0) is 11.0. The van der Waals surface area contributed by atoms with E-state index in [1.807, 2.05) is 6.92 Å². The van der Waals surface area contributed by atoms with Crippen molar-refractivity contribution in [2.24, 2.45) is 5.92 Å². The fourth-order valence-electron chi connectivity index (χ4n) is 0.723. The second kappa shape index (κ2) is 7.35. The van der Waals surface area contributed by atoms with Gasteiger partial charge < -0.3 is 9.47 Å². The summed E-state index contributed by atoms with van der Waals surface area (Å²) in [6.45, 7) is 5.97. The van der Waals surface area contributed by atoms with Gasteiger partial charge in [-0.15, -0.1) is 0 Å². The average molecular weight is 202 g/mol. The third-order valence-corrected chi connectivity index (χ3v) is 1.64. The van der Waals surface area contributed by atoms with E-state index < -0.39 is 0 Å². The molecule has 0 spiro atoms. The van der Waals surface area contributed by atoms with E-state index in [0.29, 0.717) is 26.1 Å². The highest BCUT2D eigenvalue weighted by Crippen LogP contribution is 1.99. The number of esters is 2. The number of carbonyl (C=O) groups excluding carboxylic acids is 2. The summed E-state index contributed by atoms with van der Waals surface area (Å²) in [5.41, 5.74) is 0. The van der Waals surface area contributed by atoms with Crippen molar-refractivity contribution in [1.82, 2.24) is 0 Å². The Morgan fingerprint density at radius 3 is 1.64 bits per heavy atom. The highest BCUT2D eigenvalue weighted by atomic mass is 16.5. The first kappa shape index (κ1) is 12.9. The first-order chi connectivity index (χ1) is 6.60. The molecule has 0 heterocycles. The van der Waals surface area contributed by atoms with Crippen LogP contribution in [0.1, 0.15) is 33.6 Å². The molecule has 0 saturated carbocycles. The predicted octanol–water partition coefficient (Wildman–Crippen LogP) is 1.53. The zero-order valence-electron chi connectivity index (χ0n) is 9.04. The highest BCUT2D eigenvalue weighted by molar-refractivity contribution is 5.69. The number of rotatable bonds is 6. The minimum absolute atomic E-state index is 0.0565. The van der Waals surface area contributed by atoms with Crippen molar-refractivity contribution in [3.05, 3.63) is 0 Å². The van der Waals surface area contributed by atoms with E-state index >= 15 is 0 Å². The molecule has 0 bridgehead atoms. The summed E-state index contributed by atoms with van der Waals surface area (Å²) in [7, 11) is 0. The lowest BCUT2D eigenvalue weighted by atomic mass is 10.2. The first-order valence-corrected chi connectivity index (χ1v) is 4.91. The van der Waals surface area contributed by atoms with Crippen LogP contribution in [0.4, 0.5) is 0 Å². The summed E-state index contributed by atoms with van der Waals surface area (Å²) in [6, 6.07) is 0. The van der Waals surface area contributed by atoms with E-state index in [9.17, 15) is 9.59 Å². The number of ether oxygens (including phenoxy) is 2. The molecule has 4 nitrogen and oxygen atoms in total. The summed E-state index contributed by atoms with van der Waals surface area (Å²) >= 11 is 0. The lowest BCUT2D eigenvalue weighted by molar-refractivity contribution is -0.148. The zero-order valence-corrected chi connectivity index (χ0v) is 9.04. The summed E-state index contributed by atoms with van der Waals surface area (Å²) in [6.07, 6.45) is 0.753. The molecule has 0 aromatic heterocycles. The van der Waals surface area contributed by atoms with Crippen molar-refractivity contribution in [2.45, 2.75) is 33.6 Å². The number of carbonyl (C=O) groups is 2. The molecule has 0 aliphatic carbocycles. The monoisotopic (exact) mass is 202 g/mol. The fraction of sp³-hybridized carbons (Fsp3) is 0.800. The number of hydrogen-bond acceptors (Lipinski definition) is 4. The van der Waals surface area contributed by atoms with Gasteiger partial charge in [-0.2, -0.15) is 0 Å². The quantitative estimate of drug-likeness (QED) is 0.613. The van der Waals surface area contributed by atoms with Gasteiger partial charge in [0.25, 0.3) is 0 Å². The molecular formula is C10H18O4. The molecule has 0 atom stereocenters. The van der Waals surface area contributed by atoms with Crippen LogP contribution in [-0.4, -0.2) is 25.2 Å². The van der Waals surface area contributed by atoms with Gasteiger partial charge in [-0.05, 0) is 0 Å². The number of hydrogen-bond donors (Lipinski definition) is 0. The fourth-order valence-corrected chi connectivity index (χ4v) is 0.723. The Kier molecular flexibility index (Phi) is 6.80. The maximum Gasteiger partial charge on any atom is 0.305 e. The molecule has 14 heavy (non-hydrogen) atoms. The topological polar surface area (TPSA) is 52.6 Å². The van der Waals surface area contributed by atoms with Gasteiger partial charge in [-0.3, -0.25) is 9.59 Å². The second-order valence-corrected chi connectivity index (χ2v) is 3.18. The Labute approximate surface area is 84.6 Å². The highest BCUT2D eigenvalue weighted by Gasteiger charge is 2.08. The molecule has 0 aliphatic rings. The summed E-state index contributed by atoms with van der Waals surface area (Å²) < 4.78 is 9.78. The third-order valence-electron chi connectivity index (χ3n) is 1.64. The minimum atomic E-state index is -0.223. The maximum atomic E-state index is 10.8. The van der Waals surface area contributed by atoms with E-state index in [2.05, 4.69) is 0 Å². The Morgan fingerprint density at radius 1 is 1.00 bits per heavy atom. The Hall–Kier alpha value is -1.06. The first-order valence-electron chi connectivity index (χ1n) is 4.91. The molecule has 0 aromatic carbocycles. The van der Waals surface area contributed by atoms with Crippen molar-refractivity contribution >= 4 is 11.9 Å². The Bertz CT molecular complexity index is 169. The molecular weight excluding hydrogens is 184 g/mol. The van der Waals surface area contributed by atoms with Crippen molar-refractivity contribution in [1.29, 1.82) is 0 Å². The van der Waals surface area contributed by atoms with E-state index in [-0.39, 0.29) is 17.9 Å². The molecule has 0 saturated heterocycles. The van der Waals surface area contributed by atoms with Crippen molar-refractivity contribution in [3.8, 4) is 0 Å². The summed E-state index contributed by atoms with van der Waals surface area (Å²) in [5.74, 6) is -0.390. The van der Waals surface area contributed by atoms with Crippen LogP contribution in [0.15, 0.2) is 0 Å². The smallest absolute Gasteiger partial charge is 0.305 e. The summed E-state index contributed by atoms with van der Waals surface area (Å²) in [5, 5.41) is 0. The van der Waals surface area contributed by atoms with E-state index in [4.69, 9.17) is 9.47 Å². The van der Waals surface area contributed by atoms with Gasteiger partial charge in [0.15, 0.2) is 0 Å². The summed E-state index contributed by atoms with van der Waals surface area (Å²) in [4.78, 5) is 21.6. The molecule has 0 rings (SSSR count). The van der Waals surface area contributed by atoms with E-state index in [1.165, 1.54) is 0 Å². The molecule has 0 amide bonds. The molecule has 0 unspecified atom stereocenters. The van der Waals surface area contributed by atoms with Crippen LogP contribution in [0, 0.1) is 5.92 Å². The lowest BCUT2D eigenvalue weighted by Gasteiger charge is -2.11. The van der Waals surface area contributed by atoms with Crippen molar-refractivity contribution in [2.75, 3.05) is 13.2 Å². The third kappa shape index (κ3) is 6.46. The maximum absolute atomic E-state index is 10.8. The molecule has 82 valence electrons. The standard InChI is InChI=1S/C10H18O4/c1-4-9(11)13-6-8(3)7-14-10(12)5-2/h8H,4-7H2,1-3H3. The van der Waals surface area contributed by atoms with Crippen molar-refractivity contribution < 1.29 is 19.1 Å². The molecule has 4 heteroatoms. The predicted molar refractivity (Wildman–Crippen MR) is 51.7 cm³/mol. The van der Waals surface area contributed by atoms with Crippen LogP contribution in [-0.2, 0) is 19.1 Å². The Balaban J connectivity index is 3.50. The van der Waals surface area contributed by atoms with Gasteiger partial charge >= 0.3 is 11.9 Å². The molecule has 0 radical (unpaired) electrons. The van der Waals surface area contributed by atoms with Crippen LogP contribution in [0.2, 0.25) is 0 Å². The van der Waals surface area contributed by atoms with Crippen LogP contribution in [0.3, 0.4) is 0 Å². The Morgan fingerprint density at radius 2 is 1.36 bits per heavy atom. The van der Waals surface area contributed by atoms with Gasteiger partial charge in [0.05, 0.1) is 13.2 Å². The van der Waals surface area contributed by atoms with Gasteiger partial charge in [0.2, 0.25) is 0 Å². The van der Waals surface area contributed by atoms with Crippen molar-refractivity contribution in [3.63, 3.8) is 0 Å². The SMILES string of the molecule is CCC(=O)OCC(C)COC(=O)CC. The van der Waals surface area contributed by atoms with Gasteiger partial charge in [-0.25, -0.2) is 0 Å². The largest absolute Gasteiger partial charge is 0.465 e. The molecule has 0 aromatic rings. The van der Waals surface area contributed by atoms with Gasteiger partial charge in [-0.1, -0.05) is 20.8 Å². The molecule has 0 N–H and O–H groups in total. The van der Waals surface area contributed by atoms with Crippen LogP contribution >= 0.6 is 0 Å². The molecule has 0 aliphatic heterocycles. The van der Waals surface area contributed by atoms with Gasteiger partial charge in [0, 0.05) is 18.8 Å². The molecule has 0 fully saturated rings. The second-order valence-electron chi connectivity index (χ2n) is 3.18. The average Bonchev–Trinajstić information content (AvgIpc) is 2.22. The van der Waals surface area contributed by atoms with Crippen LogP contribution in [0.5, 0.6) is 0 Å². The van der Waals surface area contributed by atoms with Gasteiger partial charge in [0.1, 0.15) is 0 Å². The van der Waals surface area contributed by atoms with E-state index in [1.54, 1.807) is 13.8 Å². The minimum Gasteiger partial charge on any atom is -0.465 e. The van der Waals surface area contributed by atoms with Crippen LogP contribution < -0.4 is 0 Å². The van der Waals surface area contributed by atoms with E-state index in [0.717, 1.165) is 0 Å². The van der Waals surface area contributed by atoms with Crippen LogP contribution in [0.25, 0.3) is 0 Å². The normalized spacial score (nSPS) is 10.0.